The van der Waals surface area contributed by atoms with Crippen LogP contribution in [0.4, 0.5) is 11.4 Å². The summed E-state index contributed by atoms with van der Waals surface area (Å²) >= 11 is 0. The highest BCUT2D eigenvalue weighted by molar-refractivity contribution is 7.92. The average molecular weight is 469 g/mol. The molecule has 0 fully saturated rings. The molecule has 2 N–H and O–H groups in total. The third-order valence-electron chi connectivity index (χ3n) is 4.59. The smallest absolute Gasteiger partial charge is 0.340 e. The van der Waals surface area contributed by atoms with Crippen molar-refractivity contribution in [1.29, 1.82) is 0 Å². The molecular formula is C24H24N2O6S. The van der Waals surface area contributed by atoms with E-state index in [2.05, 4.69) is 10.0 Å². The van der Waals surface area contributed by atoms with E-state index in [-0.39, 0.29) is 16.1 Å². The largest absolute Gasteiger partial charge is 0.494 e. The van der Waals surface area contributed by atoms with Gasteiger partial charge in [-0.15, -0.1) is 0 Å². The van der Waals surface area contributed by atoms with E-state index in [9.17, 15) is 18.0 Å². The molecule has 0 atom stereocenters. The van der Waals surface area contributed by atoms with Crippen LogP contribution >= 0.6 is 0 Å². The van der Waals surface area contributed by atoms with Crippen LogP contribution in [0.1, 0.15) is 22.8 Å². The third-order valence-corrected chi connectivity index (χ3v) is 5.97. The van der Waals surface area contributed by atoms with E-state index in [0.29, 0.717) is 18.0 Å². The van der Waals surface area contributed by atoms with E-state index in [1.165, 1.54) is 24.3 Å². The Labute approximate surface area is 192 Å². The number of ether oxygens (including phenoxy) is 2. The van der Waals surface area contributed by atoms with Gasteiger partial charge in [0, 0.05) is 5.69 Å². The molecule has 8 nitrogen and oxygen atoms in total. The zero-order valence-electron chi connectivity index (χ0n) is 18.2. The first-order valence-corrected chi connectivity index (χ1v) is 11.7. The predicted molar refractivity (Wildman–Crippen MR) is 125 cm³/mol. The minimum atomic E-state index is -3.97. The first-order chi connectivity index (χ1) is 15.8. The van der Waals surface area contributed by atoms with Crippen molar-refractivity contribution in [1.82, 2.24) is 0 Å². The minimum absolute atomic E-state index is 0.00623. The molecule has 0 unspecified atom stereocenters. The normalized spacial score (nSPS) is 10.8. The highest BCUT2D eigenvalue weighted by Crippen LogP contribution is 2.22. The monoisotopic (exact) mass is 468 g/mol. The molecule has 0 saturated heterocycles. The minimum Gasteiger partial charge on any atom is -0.494 e. The van der Waals surface area contributed by atoms with E-state index in [1.54, 1.807) is 36.4 Å². The van der Waals surface area contributed by atoms with Gasteiger partial charge in [-0.25, -0.2) is 13.2 Å². The number of nitrogens with one attached hydrogen (secondary N) is 2. The number of esters is 1. The van der Waals surface area contributed by atoms with E-state index >= 15 is 0 Å². The molecule has 0 aliphatic carbocycles. The molecule has 0 aromatic heterocycles. The lowest BCUT2D eigenvalue weighted by Crippen LogP contribution is -2.22. The fourth-order valence-corrected chi connectivity index (χ4v) is 4.02. The molecule has 0 saturated carbocycles. The van der Waals surface area contributed by atoms with Crippen LogP contribution < -0.4 is 14.8 Å². The van der Waals surface area contributed by atoms with Gasteiger partial charge >= 0.3 is 5.97 Å². The van der Waals surface area contributed by atoms with Crippen molar-refractivity contribution < 1.29 is 27.5 Å². The van der Waals surface area contributed by atoms with Crippen LogP contribution in [0, 0.1) is 6.92 Å². The van der Waals surface area contributed by atoms with Gasteiger partial charge in [-0.2, -0.15) is 0 Å². The molecule has 3 rings (SSSR count). The summed E-state index contributed by atoms with van der Waals surface area (Å²) < 4.78 is 38.4. The topological polar surface area (TPSA) is 111 Å². The first-order valence-electron chi connectivity index (χ1n) is 10.2. The van der Waals surface area contributed by atoms with E-state index in [1.807, 2.05) is 26.0 Å². The number of anilines is 2. The summed E-state index contributed by atoms with van der Waals surface area (Å²) in [7, 11) is -3.97. The van der Waals surface area contributed by atoms with Crippen molar-refractivity contribution in [3.63, 3.8) is 0 Å². The van der Waals surface area contributed by atoms with Crippen LogP contribution in [0.15, 0.2) is 77.7 Å². The Bertz CT molecular complexity index is 1240. The molecule has 0 heterocycles. The lowest BCUT2D eigenvalue weighted by atomic mass is 10.2. The number of carbonyl (C=O) groups is 2. The highest BCUT2D eigenvalue weighted by atomic mass is 32.2. The van der Waals surface area contributed by atoms with Crippen LogP contribution in [-0.4, -0.2) is 33.5 Å². The molecule has 33 heavy (non-hydrogen) atoms. The van der Waals surface area contributed by atoms with Crippen molar-refractivity contribution >= 4 is 33.3 Å². The molecule has 0 aliphatic heterocycles. The maximum absolute atomic E-state index is 12.8. The Hall–Kier alpha value is -3.85. The molecule has 1 amide bonds. The fourth-order valence-electron chi connectivity index (χ4n) is 2.94. The summed E-state index contributed by atoms with van der Waals surface area (Å²) in [6.07, 6.45) is 0. The van der Waals surface area contributed by atoms with Crippen molar-refractivity contribution in [2.24, 2.45) is 0 Å². The van der Waals surface area contributed by atoms with Crippen LogP contribution in [0.2, 0.25) is 0 Å². The molecule has 0 radical (unpaired) electrons. The summed E-state index contributed by atoms with van der Waals surface area (Å²) in [5.74, 6) is -0.797. The third kappa shape index (κ3) is 6.33. The van der Waals surface area contributed by atoms with Gasteiger partial charge in [-0.05, 0) is 61.9 Å². The maximum atomic E-state index is 12.8. The summed E-state index contributed by atoms with van der Waals surface area (Å²) in [6, 6.07) is 19.1. The van der Waals surface area contributed by atoms with Crippen LogP contribution in [-0.2, 0) is 19.6 Å². The van der Waals surface area contributed by atoms with Gasteiger partial charge in [0.15, 0.2) is 6.61 Å². The lowest BCUT2D eigenvalue weighted by molar-refractivity contribution is -0.119. The van der Waals surface area contributed by atoms with Crippen LogP contribution in [0.5, 0.6) is 5.75 Å². The van der Waals surface area contributed by atoms with Crippen LogP contribution in [0.25, 0.3) is 0 Å². The van der Waals surface area contributed by atoms with Gasteiger partial charge in [0.1, 0.15) is 5.75 Å². The van der Waals surface area contributed by atoms with Gasteiger partial charge in [0.05, 0.1) is 22.8 Å². The first kappa shape index (κ1) is 23.8. The van der Waals surface area contributed by atoms with Crippen molar-refractivity contribution in [2.45, 2.75) is 18.7 Å². The number of sulfonamides is 1. The van der Waals surface area contributed by atoms with Crippen LogP contribution in [0.3, 0.4) is 0 Å². The standard InChI is InChI=1S/C24H24N2O6S/c1-3-31-18-12-14-19(15-13-18)33(29,30)26-22-11-7-5-9-20(22)24(28)32-16-23(27)25-21-10-6-4-8-17(21)2/h4-15,26H,3,16H2,1-2H3,(H,25,27). The summed E-state index contributed by atoms with van der Waals surface area (Å²) in [6.45, 7) is 3.61. The van der Waals surface area contributed by atoms with E-state index < -0.39 is 28.5 Å². The molecule has 3 aromatic carbocycles. The average Bonchev–Trinajstić information content (AvgIpc) is 2.80. The van der Waals surface area contributed by atoms with Gasteiger partial charge < -0.3 is 14.8 Å². The Kier molecular flexibility index (Phi) is 7.68. The number of amides is 1. The fraction of sp³-hybridized carbons (Fsp3) is 0.167. The van der Waals surface area contributed by atoms with Gasteiger partial charge in [-0.3, -0.25) is 9.52 Å². The van der Waals surface area contributed by atoms with Crippen molar-refractivity contribution in [3.05, 3.63) is 83.9 Å². The summed E-state index contributed by atoms with van der Waals surface area (Å²) in [4.78, 5) is 24.7. The molecule has 0 aliphatic rings. The van der Waals surface area contributed by atoms with Crippen molar-refractivity contribution in [2.75, 3.05) is 23.3 Å². The highest BCUT2D eigenvalue weighted by Gasteiger charge is 2.20. The maximum Gasteiger partial charge on any atom is 0.340 e. The second kappa shape index (κ2) is 10.6. The lowest BCUT2D eigenvalue weighted by Gasteiger charge is -2.13. The van der Waals surface area contributed by atoms with E-state index in [0.717, 1.165) is 5.56 Å². The number of hydrogen-bond donors (Lipinski definition) is 2. The Morgan fingerprint density at radius 2 is 1.52 bits per heavy atom. The van der Waals surface area contributed by atoms with Gasteiger partial charge in [0.25, 0.3) is 15.9 Å². The SMILES string of the molecule is CCOc1ccc(S(=O)(=O)Nc2ccccc2C(=O)OCC(=O)Nc2ccccc2C)cc1. The Morgan fingerprint density at radius 1 is 0.879 bits per heavy atom. The molecule has 0 spiro atoms. The number of para-hydroxylation sites is 2. The zero-order chi connectivity index (χ0) is 23.8. The van der Waals surface area contributed by atoms with Gasteiger partial charge in [-0.1, -0.05) is 30.3 Å². The summed E-state index contributed by atoms with van der Waals surface area (Å²) in [5, 5.41) is 2.67. The van der Waals surface area contributed by atoms with E-state index in [4.69, 9.17) is 9.47 Å². The molecule has 3 aromatic rings. The van der Waals surface area contributed by atoms with Gasteiger partial charge in [0.2, 0.25) is 0 Å². The second-order valence-electron chi connectivity index (χ2n) is 6.99. The quantitative estimate of drug-likeness (QED) is 0.460. The number of rotatable bonds is 9. The predicted octanol–water partition coefficient (Wildman–Crippen LogP) is 3.99. The molecule has 172 valence electrons. The second-order valence-corrected chi connectivity index (χ2v) is 8.68. The molecular weight excluding hydrogens is 444 g/mol. The molecule has 9 heteroatoms. The number of carbonyl (C=O) groups excluding carboxylic acids is 2. The number of benzene rings is 3. The van der Waals surface area contributed by atoms with Crippen molar-refractivity contribution in [3.8, 4) is 5.75 Å². The molecule has 0 bridgehead atoms. The Morgan fingerprint density at radius 3 is 2.18 bits per heavy atom. The number of aryl methyl sites for hydroxylation is 1. The Balaban J connectivity index is 1.68. The number of hydrogen-bond acceptors (Lipinski definition) is 6. The summed E-state index contributed by atoms with van der Waals surface area (Å²) in [5.41, 5.74) is 1.50. The zero-order valence-corrected chi connectivity index (χ0v) is 19.0.